The molecule has 1 aromatic carbocycles. The third kappa shape index (κ3) is 3.41. The second-order valence-corrected chi connectivity index (χ2v) is 3.35. The highest BCUT2D eigenvalue weighted by atomic mass is 35.5. The van der Waals surface area contributed by atoms with Gasteiger partial charge in [0.05, 0.1) is 5.88 Å². The van der Waals surface area contributed by atoms with Gasteiger partial charge in [-0.2, -0.15) is 0 Å². The minimum absolute atomic E-state index is 0.208. The van der Waals surface area contributed by atoms with E-state index < -0.39 is 6.36 Å². The molecule has 0 aliphatic heterocycles. The lowest BCUT2D eigenvalue weighted by Crippen LogP contribution is -2.17. The second-order valence-electron chi connectivity index (χ2n) is 3.08. The fourth-order valence-electron chi connectivity index (χ4n) is 1.22. The summed E-state index contributed by atoms with van der Waals surface area (Å²) in [5.41, 5.74) is 0.692. The van der Waals surface area contributed by atoms with Crippen molar-refractivity contribution in [1.82, 2.24) is 0 Å². The first-order chi connectivity index (χ1) is 7.33. The molecule has 0 aliphatic carbocycles. The third-order valence-corrected chi connectivity index (χ3v) is 2.10. The molecule has 0 radical (unpaired) electrons. The van der Waals surface area contributed by atoms with Crippen LogP contribution in [0.15, 0.2) is 18.2 Å². The summed E-state index contributed by atoms with van der Waals surface area (Å²) in [6.07, 6.45) is -4.73. The van der Waals surface area contributed by atoms with Gasteiger partial charge in [-0.3, -0.25) is 4.79 Å². The maximum absolute atomic E-state index is 11.9. The van der Waals surface area contributed by atoms with E-state index in [-0.39, 0.29) is 17.4 Å². The summed E-state index contributed by atoms with van der Waals surface area (Å²) in [6.45, 7) is 1.52. The Morgan fingerprint density at radius 1 is 1.44 bits per heavy atom. The Bertz CT molecular complexity index is 402. The Hall–Kier alpha value is -1.23. The minimum atomic E-state index is -4.73. The van der Waals surface area contributed by atoms with Crippen LogP contribution in [0, 0.1) is 6.92 Å². The molecule has 0 fully saturated rings. The molecule has 0 saturated heterocycles. The lowest BCUT2D eigenvalue weighted by Gasteiger charge is -2.10. The topological polar surface area (TPSA) is 26.3 Å². The fourth-order valence-corrected chi connectivity index (χ4v) is 1.36. The molecule has 0 spiro atoms. The molecule has 1 aromatic rings. The molecular weight excluding hydrogens is 245 g/mol. The molecule has 16 heavy (non-hydrogen) atoms. The van der Waals surface area contributed by atoms with Gasteiger partial charge in [0, 0.05) is 5.56 Å². The summed E-state index contributed by atoms with van der Waals surface area (Å²) < 4.78 is 39.4. The molecular formula is C10H8ClF3O2. The highest BCUT2D eigenvalue weighted by molar-refractivity contribution is 6.30. The van der Waals surface area contributed by atoms with E-state index in [2.05, 4.69) is 4.74 Å². The highest BCUT2D eigenvalue weighted by Gasteiger charge is 2.31. The van der Waals surface area contributed by atoms with Gasteiger partial charge >= 0.3 is 6.36 Å². The van der Waals surface area contributed by atoms with Gasteiger partial charge in [-0.15, -0.1) is 24.8 Å². The second kappa shape index (κ2) is 4.74. The number of carbonyl (C=O) groups excluding carboxylic acids is 1. The van der Waals surface area contributed by atoms with Crippen molar-refractivity contribution in [1.29, 1.82) is 0 Å². The van der Waals surface area contributed by atoms with Crippen LogP contribution in [0.2, 0.25) is 0 Å². The first-order valence-corrected chi connectivity index (χ1v) is 4.82. The van der Waals surface area contributed by atoms with E-state index in [0.29, 0.717) is 11.1 Å². The molecule has 88 valence electrons. The van der Waals surface area contributed by atoms with Crippen molar-refractivity contribution in [2.75, 3.05) is 5.88 Å². The summed E-state index contributed by atoms with van der Waals surface area (Å²) >= 11 is 5.34. The van der Waals surface area contributed by atoms with E-state index in [4.69, 9.17) is 11.6 Å². The molecule has 2 nitrogen and oxygen atoms in total. The number of hydrogen-bond acceptors (Lipinski definition) is 2. The molecule has 0 N–H and O–H groups in total. The van der Waals surface area contributed by atoms with Crippen LogP contribution in [0.5, 0.6) is 5.75 Å². The van der Waals surface area contributed by atoms with Gasteiger partial charge in [-0.05, 0) is 30.7 Å². The molecule has 6 heteroatoms. The zero-order chi connectivity index (χ0) is 12.3. The lowest BCUT2D eigenvalue weighted by atomic mass is 10.1. The summed E-state index contributed by atoms with van der Waals surface area (Å²) in [6, 6.07) is 3.49. The standard InChI is InChI=1S/C10H8ClF3O2/c1-6-4-7(16-10(12,13)14)2-3-8(6)9(15)5-11/h2-4H,5H2,1H3. The van der Waals surface area contributed by atoms with E-state index in [9.17, 15) is 18.0 Å². The fraction of sp³-hybridized carbons (Fsp3) is 0.300. The van der Waals surface area contributed by atoms with Crippen molar-refractivity contribution < 1.29 is 22.7 Å². The number of carbonyl (C=O) groups is 1. The third-order valence-electron chi connectivity index (χ3n) is 1.85. The van der Waals surface area contributed by atoms with Crippen molar-refractivity contribution >= 4 is 17.4 Å². The zero-order valence-corrected chi connectivity index (χ0v) is 9.02. The molecule has 0 saturated carbocycles. The summed E-state index contributed by atoms with van der Waals surface area (Å²) in [7, 11) is 0. The van der Waals surface area contributed by atoms with Crippen LogP contribution in [0.4, 0.5) is 13.2 Å². The van der Waals surface area contributed by atoms with Crippen molar-refractivity contribution in [3.8, 4) is 5.75 Å². The van der Waals surface area contributed by atoms with Crippen LogP contribution >= 0.6 is 11.6 Å². The molecule has 0 unspecified atom stereocenters. The Kier molecular flexibility index (Phi) is 3.80. The van der Waals surface area contributed by atoms with Crippen LogP contribution in [0.25, 0.3) is 0 Å². The average molecular weight is 253 g/mol. The Morgan fingerprint density at radius 2 is 2.06 bits per heavy atom. The Labute approximate surface area is 95.0 Å². The van der Waals surface area contributed by atoms with Crippen molar-refractivity contribution in [3.05, 3.63) is 29.3 Å². The SMILES string of the molecule is Cc1cc(OC(F)(F)F)ccc1C(=O)CCl. The maximum Gasteiger partial charge on any atom is 0.573 e. The zero-order valence-electron chi connectivity index (χ0n) is 8.27. The van der Waals surface area contributed by atoms with Gasteiger partial charge in [-0.1, -0.05) is 0 Å². The lowest BCUT2D eigenvalue weighted by molar-refractivity contribution is -0.274. The van der Waals surface area contributed by atoms with Gasteiger partial charge in [0.25, 0.3) is 0 Å². The van der Waals surface area contributed by atoms with Crippen LogP contribution in [-0.2, 0) is 0 Å². The number of rotatable bonds is 3. The number of Topliss-reactive ketones (excluding diaryl/α,β-unsaturated/α-hetero) is 1. The molecule has 0 heterocycles. The van der Waals surface area contributed by atoms with E-state index in [1.807, 2.05) is 0 Å². The molecule has 0 aliphatic rings. The molecule has 1 rings (SSSR count). The first-order valence-electron chi connectivity index (χ1n) is 4.29. The molecule has 0 amide bonds. The predicted molar refractivity (Wildman–Crippen MR) is 52.9 cm³/mol. The van der Waals surface area contributed by atoms with Gasteiger partial charge in [0.15, 0.2) is 5.78 Å². The van der Waals surface area contributed by atoms with Gasteiger partial charge in [0.1, 0.15) is 5.75 Å². The number of ether oxygens (including phenoxy) is 1. The average Bonchev–Trinajstić information content (AvgIpc) is 2.14. The summed E-state index contributed by atoms with van der Waals surface area (Å²) in [5.74, 6) is -0.894. The predicted octanol–water partition coefficient (Wildman–Crippen LogP) is 3.32. The van der Waals surface area contributed by atoms with Crippen LogP contribution in [-0.4, -0.2) is 18.0 Å². The summed E-state index contributed by atoms with van der Waals surface area (Å²) in [5, 5.41) is 0. The quantitative estimate of drug-likeness (QED) is 0.609. The Balaban J connectivity index is 2.96. The van der Waals surface area contributed by atoms with E-state index in [1.54, 1.807) is 0 Å². The largest absolute Gasteiger partial charge is 0.573 e. The number of halogens is 4. The number of ketones is 1. The smallest absolute Gasteiger partial charge is 0.406 e. The number of hydrogen-bond donors (Lipinski definition) is 0. The van der Waals surface area contributed by atoms with Crippen molar-refractivity contribution in [2.24, 2.45) is 0 Å². The molecule has 0 atom stereocenters. The van der Waals surface area contributed by atoms with Gasteiger partial charge in [0.2, 0.25) is 0 Å². The van der Waals surface area contributed by atoms with Crippen molar-refractivity contribution in [2.45, 2.75) is 13.3 Å². The van der Waals surface area contributed by atoms with Crippen LogP contribution < -0.4 is 4.74 Å². The maximum atomic E-state index is 11.9. The van der Waals surface area contributed by atoms with E-state index >= 15 is 0 Å². The number of benzene rings is 1. The number of alkyl halides is 4. The van der Waals surface area contributed by atoms with Crippen molar-refractivity contribution in [3.63, 3.8) is 0 Å². The van der Waals surface area contributed by atoms with Crippen LogP contribution in [0.1, 0.15) is 15.9 Å². The molecule has 0 aromatic heterocycles. The van der Waals surface area contributed by atoms with Gasteiger partial charge < -0.3 is 4.74 Å². The summed E-state index contributed by atoms with van der Waals surface area (Å²) in [4.78, 5) is 11.2. The Morgan fingerprint density at radius 3 is 2.50 bits per heavy atom. The van der Waals surface area contributed by atoms with E-state index in [0.717, 1.165) is 12.1 Å². The highest BCUT2D eigenvalue weighted by Crippen LogP contribution is 2.25. The monoisotopic (exact) mass is 252 g/mol. The van der Waals surface area contributed by atoms with E-state index in [1.165, 1.54) is 13.0 Å². The molecule has 0 bridgehead atoms. The van der Waals surface area contributed by atoms with Crippen LogP contribution in [0.3, 0.4) is 0 Å². The first kappa shape index (κ1) is 12.8. The normalized spacial score (nSPS) is 11.3. The van der Waals surface area contributed by atoms with Gasteiger partial charge in [-0.25, -0.2) is 0 Å². The minimum Gasteiger partial charge on any atom is -0.406 e. The number of aryl methyl sites for hydroxylation is 1.